The van der Waals surface area contributed by atoms with E-state index in [1.54, 1.807) is 4.90 Å². The number of nitrogens with zero attached hydrogens (tertiary/aromatic N) is 1. The molecule has 138 valence electrons. The van der Waals surface area contributed by atoms with Crippen LogP contribution in [0.25, 0.3) is 0 Å². The maximum atomic E-state index is 12.5. The fourth-order valence-electron chi connectivity index (χ4n) is 3.58. The average Bonchev–Trinajstić information content (AvgIpc) is 3.21. The maximum Gasteiger partial charge on any atom is 0.228 e. The number of amides is 3. The lowest BCUT2D eigenvalue weighted by molar-refractivity contribution is -0.126. The predicted molar refractivity (Wildman–Crippen MR) is 102 cm³/mol. The van der Waals surface area contributed by atoms with E-state index in [1.165, 1.54) is 0 Å². The summed E-state index contributed by atoms with van der Waals surface area (Å²) < 4.78 is 0. The van der Waals surface area contributed by atoms with Crippen LogP contribution in [0.4, 0.5) is 11.4 Å². The highest BCUT2D eigenvalue weighted by Gasteiger charge is 2.35. The van der Waals surface area contributed by atoms with Crippen molar-refractivity contribution in [3.8, 4) is 0 Å². The summed E-state index contributed by atoms with van der Waals surface area (Å²) in [4.78, 5) is 37.9. The lowest BCUT2D eigenvalue weighted by Crippen LogP contribution is -2.32. The van der Waals surface area contributed by atoms with Crippen LogP contribution in [0.2, 0.25) is 0 Å². The Bertz CT molecular complexity index is 921. The van der Waals surface area contributed by atoms with Gasteiger partial charge in [0.2, 0.25) is 17.7 Å². The van der Waals surface area contributed by atoms with Gasteiger partial charge in [0.05, 0.1) is 12.3 Å². The van der Waals surface area contributed by atoms with Gasteiger partial charge in [-0.25, -0.2) is 0 Å². The number of carbonyl (C=O) groups is 3. The Balaban J connectivity index is 1.36. The van der Waals surface area contributed by atoms with Crippen LogP contribution in [0.15, 0.2) is 42.5 Å². The molecule has 0 unspecified atom stereocenters. The summed E-state index contributed by atoms with van der Waals surface area (Å²) in [5.41, 5.74) is 4.69. The van der Waals surface area contributed by atoms with Crippen molar-refractivity contribution in [3.05, 3.63) is 59.2 Å². The van der Waals surface area contributed by atoms with Gasteiger partial charge < -0.3 is 15.5 Å². The Kier molecular flexibility index (Phi) is 4.39. The number of benzene rings is 2. The molecule has 1 saturated heterocycles. The van der Waals surface area contributed by atoms with Crippen molar-refractivity contribution in [2.45, 2.75) is 26.3 Å². The van der Waals surface area contributed by atoms with Crippen molar-refractivity contribution in [1.29, 1.82) is 0 Å². The third-order valence-corrected chi connectivity index (χ3v) is 5.10. The summed E-state index contributed by atoms with van der Waals surface area (Å²) in [5.74, 6) is -0.503. The molecule has 2 aromatic rings. The van der Waals surface area contributed by atoms with Crippen LogP contribution in [0, 0.1) is 12.8 Å². The van der Waals surface area contributed by atoms with E-state index in [0.29, 0.717) is 19.5 Å². The van der Waals surface area contributed by atoms with E-state index < -0.39 is 0 Å². The zero-order chi connectivity index (χ0) is 19.0. The second kappa shape index (κ2) is 6.87. The van der Waals surface area contributed by atoms with Crippen molar-refractivity contribution in [2.24, 2.45) is 5.92 Å². The SMILES string of the molecule is Cc1ccc(N2C[C@H](C(=O)NCc3ccc4c(c3)CC(=O)N4)CC2=O)cc1. The van der Waals surface area contributed by atoms with Gasteiger partial charge >= 0.3 is 0 Å². The van der Waals surface area contributed by atoms with E-state index in [1.807, 2.05) is 49.4 Å². The summed E-state index contributed by atoms with van der Waals surface area (Å²) in [5, 5.41) is 5.72. The summed E-state index contributed by atoms with van der Waals surface area (Å²) in [6.07, 6.45) is 0.599. The maximum absolute atomic E-state index is 12.5. The molecule has 2 aromatic carbocycles. The van der Waals surface area contributed by atoms with E-state index in [-0.39, 0.29) is 30.1 Å². The standard InChI is InChI=1S/C21H21N3O3/c1-13-2-5-17(6-3-13)24-12-16(10-20(24)26)21(27)22-11-14-4-7-18-15(8-14)9-19(25)23-18/h2-8,16H,9-12H2,1H3,(H,22,27)(H,23,25)/t16-/m1/s1. The summed E-state index contributed by atoms with van der Waals surface area (Å²) in [6.45, 7) is 2.78. The molecule has 0 radical (unpaired) electrons. The van der Waals surface area contributed by atoms with E-state index in [9.17, 15) is 14.4 Å². The fourth-order valence-corrected chi connectivity index (χ4v) is 3.58. The molecule has 2 aliphatic heterocycles. The van der Waals surface area contributed by atoms with E-state index in [4.69, 9.17) is 0 Å². The first-order chi connectivity index (χ1) is 13.0. The van der Waals surface area contributed by atoms with Crippen molar-refractivity contribution < 1.29 is 14.4 Å². The highest BCUT2D eigenvalue weighted by molar-refractivity contribution is 6.00. The van der Waals surface area contributed by atoms with Crippen LogP contribution in [0.1, 0.15) is 23.1 Å². The molecule has 1 atom stereocenters. The van der Waals surface area contributed by atoms with Gasteiger partial charge in [0, 0.05) is 30.9 Å². The lowest BCUT2D eigenvalue weighted by atomic mass is 10.1. The predicted octanol–water partition coefficient (Wildman–Crippen LogP) is 2.16. The summed E-state index contributed by atoms with van der Waals surface area (Å²) >= 11 is 0. The molecule has 4 rings (SSSR count). The molecule has 2 heterocycles. The number of carbonyl (C=O) groups excluding carboxylic acids is 3. The van der Waals surface area contributed by atoms with Gasteiger partial charge in [-0.15, -0.1) is 0 Å². The van der Waals surface area contributed by atoms with Crippen molar-refractivity contribution >= 4 is 29.1 Å². The first-order valence-corrected chi connectivity index (χ1v) is 9.06. The number of hydrogen-bond donors (Lipinski definition) is 2. The van der Waals surface area contributed by atoms with Gasteiger partial charge in [-0.05, 0) is 36.2 Å². The van der Waals surface area contributed by atoms with Crippen LogP contribution in [-0.4, -0.2) is 24.3 Å². The van der Waals surface area contributed by atoms with Gasteiger partial charge in [0.1, 0.15) is 0 Å². The van der Waals surface area contributed by atoms with Crippen LogP contribution in [0.3, 0.4) is 0 Å². The Morgan fingerprint density at radius 3 is 2.74 bits per heavy atom. The molecule has 0 bridgehead atoms. The number of anilines is 2. The summed E-state index contributed by atoms with van der Waals surface area (Å²) in [7, 11) is 0. The smallest absolute Gasteiger partial charge is 0.228 e. The monoisotopic (exact) mass is 363 g/mol. The van der Waals surface area contributed by atoms with E-state index in [2.05, 4.69) is 10.6 Å². The molecule has 6 nitrogen and oxygen atoms in total. The van der Waals surface area contributed by atoms with Crippen LogP contribution >= 0.6 is 0 Å². The Morgan fingerprint density at radius 1 is 1.19 bits per heavy atom. The number of nitrogens with one attached hydrogen (secondary N) is 2. The van der Waals surface area contributed by atoms with Gasteiger partial charge in [-0.1, -0.05) is 29.8 Å². The molecule has 0 saturated carbocycles. The molecule has 0 aromatic heterocycles. The topological polar surface area (TPSA) is 78.5 Å². The Labute approximate surface area is 157 Å². The lowest BCUT2D eigenvalue weighted by Gasteiger charge is -2.17. The number of aryl methyl sites for hydroxylation is 1. The van der Waals surface area contributed by atoms with Crippen molar-refractivity contribution in [1.82, 2.24) is 5.32 Å². The minimum Gasteiger partial charge on any atom is -0.352 e. The number of rotatable bonds is 4. The molecular formula is C21H21N3O3. The zero-order valence-corrected chi connectivity index (χ0v) is 15.1. The molecule has 2 N–H and O–H groups in total. The number of fused-ring (bicyclic) bond motifs is 1. The van der Waals surface area contributed by atoms with E-state index >= 15 is 0 Å². The van der Waals surface area contributed by atoms with Crippen LogP contribution < -0.4 is 15.5 Å². The minimum atomic E-state index is -0.350. The minimum absolute atomic E-state index is 0.00755. The first kappa shape index (κ1) is 17.3. The van der Waals surface area contributed by atoms with Crippen LogP contribution in [0.5, 0.6) is 0 Å². The summed E-state index contributed by atoms with van der Waals surface area (Å²) in [6, 6.07) is 13.4. The van der Waals surface area contributed by atoms with Crippen molar-refractivity contribution in [2.75, 3.05) is 16.8 Å². The number of hydrogen-bond acceptors (Lipinski definition) is 3. The second-order valence-electron chi connectivity index (χ2n) is 7.18. The quantitative estimate of drug-likeness (QED) is 0.874. The molecule has 3 amide bonds. The Hall–Kier alpha value is -3.15. The average molecular weight is 363 g/mol. The highest BCUT2D eigenvalue weighted by Crippen LogP contribution is 2.26. The normalized spacial score (nSPS) is 18.4. The molecular weight excluding hydrogens is 342 g/mol. The van der Waals surface area contributed by atoms with Gasteiger partial charge in [0.25, 0.3) is 0 Å². The molecule has 2 aliphatic rings. The third kappa shape index (κ3) is 3.56. The molecule has 0 spiro atoms. The Morgan fingerprint density at radius 2 is 1.96 bits per heavy atom. The molecule has 27 heavy (non-hydrogen) atoms. The van der Waals surface area contributed by atoms with Gasteiger partial charge in [-0.3, -0.25) is 14.4 Å². The van der Waals surface area contributed by atoms with Crippen molar-refractivity contribution in [3.63, 3.8) is 0 Å². The largest absolute Gasteiger partial charge is 0.352 e. The highest BCUT2D eigenvalue weighted by atomic mass is 16.2. The van der Waals surface area contributed by atoms with Gasteiger partial charge in [0.15, 0.2) is 0 Å². The molecule has 1 fully saturated rings. The zero-order valence-electron chi connectivity index (χ0n) is 15.1. The first-order valence-electron chi connectivity index (χ1n) is 9.06. The van der Waals surface area contributed by atoms with Gasteiger partial charge in [-0.2, -0.15) is 0 Å². The van der Waals surface area contributed by atoms with E-state index in [0.717, 1.165) is 28.1 Å². The fraction of sp³-hybridized carbons (Fsp3) is 0.286. The molecule has 6 heteroatoms. The third-order valence-electron chi connectivity index (χ3n) is 5.10. The van der Waals surface area contributed by atoms with Crippen LogP contribution in [-0.2, 0) is 27.3 Å². The molecule has 0 aliphatic carbocycles. The second-order valence-corrected chi connectivity index (χ2v) is 7.18.